The van der Waals surface area contributed by atoms with Gasteiger partial charge in [-0.3, -0.25) is 4.79 Å². The Balaban J connectivity index is 1.50. The average Bonchev–Trinajstić information content (AvgIpc) is 3.39. The molecule has 0 N–H and O–H groups in total. The number of halogens is 1. The second-order valence-electron chi connectivity index (χ2n) is 8.84. The van der Waals surface area contributed by atoms with Gasteiger partial charge in [-0.1, -0.05) is 24.3 Å². The maximum absolute atomic E-state index is 13.4. The Kier molecular flexibility index (Phi) is 5.69. The number of hydrogen-bond acceptors (Lipinski definition) is 3. The van der Waals surface area contributed by atoms with E-state index in [4.69, 9.17) is 4.74 Å². The van der Waals surface area contributed by atoms with Crippen molar-refractivity contribution in [2.45, 2.75) is 39.5 Å². The van der Waals surface area contributed by atoms with E-state index in [0.717, 1.165) is 28.7 Å². The fourth-order valence-electron chi connectivity index (χ4n) is 4.53. The van der Waals surface area contributed by atoms with Gasteiger partial charge in [-0.2, -0.15) is 0 Å². The van der Waals surface area contributed by atoms with Gasteiger partial charge in [0, 0.05) is 25.0 Å². The highest BCUT2D eigenvalue weighted by Crippen LogP contribution is 2.27. The SMILES string of the molecule is CC(C)OC(=O)c1cc2c(ccn2-c2ccc(F)cc2)n1CC(=O)N1CCc2ccccc2C1. The molecular weight excluding hydrogens is 433 g/mol. The molecule has 2 aromatic heterocycles. The highest BCUT2D eigenvalue weighted by molar-refractivity contribution is 5.96. The Morgan fingerprint density at radius 1 is 1.00 bits per heavy atom. The summed E-state index contributed by atoms with van der Waals surface area (Å²) in [6.07, 6.45) is 2.38. The molecule has 0 aliphatic carbocycles. The van der Waals surface area contributed by atoms with Crippen LogP contribution in [0.5, 0.6) is 0 Å². The highest BCUT2D eigenvalue weighted by Gasteiger charge is 2.25. The second kappa shape index (κ2) is 8.82. The van der Waals surface area contributed by atoms with Gasteiger partial charge in [0.1, 0.15) is 18.1 Å². The van der Waals surface area contributed by atoms with Crippen LogP contribution in [0, 0.1) is 5.82 Å². The molecule has 0 saturated carbocycles. The molecule has 0 radical (unpaired) electrons. The summed E-state index contributed by atoms with van der Waals surface area (Å²) in [5.41, 5.74) is 5.00. The Bertz CT molecular complexity index is 1370. The predicted octanol–water partition coefficient (Wildman–Crippen LogP) is 4.72. The summed E-state index contributed by atoms with van der Waals surface area (Å²) < 4.78 is 22.5. The number of carbonyl (C=O) groups is 2. The van der Waals surface area contributed by atoms with Gasteiger partial charge < -0.3 is 18.8 Å². The Hall–Kier alpha value is -3.87. The van der Waals surface area contributed by atoms with Crippen LogP contribution in [0.1, 0.15) is 35.5 Å². The molecule has 1 amide bonds. The van der Waals surface area contributed by atoms with Crippen molar-refractivity contribution < 1.29 is 18.7 Å². The number of rotatable bonds is 5. The molecule has 1 aliphatic heterocycles. The van der Waals surface area contributed by atoms with Crippen molar-refractivity contribution in [1.82, 2.24) is 14.0 Å². The number of ether oxygens (including phenoxy) is 1. The molecular formula is C27H26FN3O3. The Morgan fingerprint density at radius 2 is 1.74 bits per heavy atom. The monoisotopic (exact) mass is 459 g/mol. The van der Waals surface area contributed by atoms with Gasteiger partial charge in [-0.25, -0.2) is 9.18 Å². The van der Waals surface area contributed by atoms with Crippen molar-refractivity contribution in [3.05, 3.63) is 89.5 Å². The van der Waals surface area contributed by atoms with Crippen LogP contribution in [0.4, 0.5) is 4.39 Å². The van der Waals surface area contributed by atoms with Crippen molar-refractivity contribution in [1.29, 1.82) is 0 Å². The molecule has 3 heterocycles. The van der Waals surface area contributed by atoms with Crippen LogP contribution in [-0.4, -0.2) is 38.6 Å². The molecule has 2 aromatic carbocycles. The molecule has 0 saturated heterocycles. The minimum atomic E-state index is -0.478. The molecule has 0 bridgehead atoms. The molecule has 5 rings (SSSR count). The summed E-state index contributed by atoms with van der Waals surface area (Å²) in [5, 5.41) is 0. The van der Waals surface area contributed by atoms with Crippen molar-refractivity contribution in [3.63, 3.8) is 0 Å². The minimum Gasteiger partial charge on any atom is -0.458 e. The predicted molar refractivity (Wildman–Crippen MR) is 127 cm³/mol. The fourth-order valence-corrected chi connectivity index (χ4v) is 4.53. The van der Waals surface area contributed by atoms with Gasteiger partial charge >= 0.3 is 5.97 Å². The van der Waals surface area contributed by atoms with E-state index in [9.17, 15) is 14.0 Å². The fraction of sp³-hybridized carbons (Fsp3) is 0.259. The summed E-state index contributed by atoms with van der Waals surface area (Å²) in [6.45, 7) is 4.81. The third-order valence-corrected chi connectivity index (χ3v) is 6.19. The van der Waals surface area contributed by atoms with E-state index < -0.39 is 5.97 Å². The third-order valence-electron chi connectivity index (χ3n) is 6.19. The number of aromatic nitrogens is 2. The van der Waals surface area contributed by atoms with E-state index in [-0.39, 0.29) is 24.4 Å². The largest absolute Gasteiger partial charge is 0.458 e. The summed E-state index contributed by atoms with van der Waals surface area (Å²) in [7, 11) is 0. The second-order valence-corrected chi connectivity index (χ2v) is 8.84. The van der Waals surface area contributed by atoms with E-state index in [1.54, 1.807) is 36.6 Å². The van der Waals surface area contributed by atoms with Gasteiger partial charge in [-0.15, -0.1) is 0 Å². The van der Waals surface area contributed by atoms with Gasteiger partial charge in [0.15, 0.2) is 0 Å². The topological polar surface area (TPSA) is 56.5 Å². The third kappa shape index (κ3) is 4.09. The number of carbonyl (C=O) groups excluding carboxylic acids is 2. The number of amides is 1. The maximum Gasteiger partial charge on any atom is 0.355 e. The van der Waals surface area contributed by atoms with Crippen molar-refractivity contribution >= 4 is 22.9 Å². The summed E-state index contributed by atoms with van der Waals surface area (Å²) >= 11 is 0. The molecule has 6 nitrogen and oxygen atoms in total. The van der Waals surface area contributed by atoms with Crippen LogP contribution in [0.2, 0.25) is 0 Å². The van der Waals surface area contributed by atoms with Crippen LogP contribution in [0.25, 0.3) is 16.7 Å². The standard InChI is InChI=1S/C27H26FN3O3/c1-18(2)34-27(33)25-15-24-23(12-14-30(24)22-9-7-21(28)8-10-22)31(25)17-26(32)29-13-11-19-5-3-4-6-20(19)16-29/h3-10,12,14-15,18H,11,13,16-17H2,1-2H3. The van der Waals surface area contributed by atoms with Gasteiger partial charge in [0.05, 0.1) is 17.1 Å². The summed E-state index contributed by atoms with van der Waals surface area (Å²) in [4.78, 5) is 28.1. The van der Waals surface area contributed by atoms with Gasteiger partial charge in [-0.05, 0) is 67.8 Å². The first kappa shape index (κ1) is 21.9. The highest BCUT2D eigenvalue weighted by atomic mass is 19.1. The quantitative estimate of drug-likeness (QED) is 0.406. The first-order valence-electron chi connectivity index (χ1n) is 11.4. The Morgan fingerprint density at radius 3 is 2.47 bits per heavy atom. The lowest BCUT2D eigenvalue weighted by Gasteiger charge is -2.29. The van der Waals surface area contributed by atoms with Crippen LogP contribution in [-0.2, 0) is 29.0 Å². The molecule has 0 fully saturated rings. The van der Waals surface area contributed by atoms with Crippen LogP contribution < -0.4 is 0 Å². The van der Waals surface area contributed by atoms with Gasteiger partial charge in [0.25, 0.3) is 0 Å². The molecule has 0 spiro atoms. The van der Waals surface area contributed by atoms with Crippen molar-refractivity contribution in [2.24, 2.45) is 0 Å². The van der Waals surface area contributed by atoms with E-state index in [0.29, 0.717) is 18.8 Å². The van der Waals surface area contributed by atoms with E-state index >= 15 is 0 Å². The minimum absolute atomic E-state index is 0.0294. The zero-order valence-corrected chi connectivity index (χ0v) is 19.2. The summed E-state index contributed by atoms with van der Waals surface area (Å²) in [6, 6.07) is 17.9. The first-order chi connectivity index (χ1) is 16.4. The van der Waals surface area contributed by atoms with Crippen molar-refractivity contribution in [3.8, 4) is 5.69 Å². The lowest BCUT2D eigenvalue weighted by molar-refractivity contribution is -0.132. The molecule has 174 valence electrons. The van der Waals surface area contributed by atoms with Crippen molar-refractivity contribution in [2.75, 3.05) is 6.54 Å². The number of esters is 1. The average molecular weight is 460 g/mol. The van der Waals surface area contributed by atoms with E-state index in [2.05, 4.69) is 12.1 Å². The molecule has 0 atom stereocenters. The number of fused-ring (bicyclic) bond motifs is 2. The zero-order chi connectivity index (χ0) is 23.8. The maximum atomic E-state index is 13.4. The molecule has 0 unspecified atom stereocenters. The van der Waals surface area contributed by atoms with Gasteiger partial charge in [0.2, 0.25) is 5.91 Å². The zero-order valence-electron chi connectivity index (χ0n) is 19.2. The molecule has 1 aliphatic rings. The smallest absolute Gasteiger partial charge is 0.355 e. The van der Waals surface area contributed by atoms with E-state index in [1.165, 1.54) is 17.7 Å². The lowest BCUT2D eigenvalue weighted by Crippen LogP contribution is -2.38. The normalized spacial score (nSPS) is 13.4. The molecule has 4 aromatic rings. The lowest BCUT2D eigenvalue weighted by atomic mass is 10.00. The number of nitrogens with zero attached hydrogens (tertiary/aromatic N) is 3. The Labute approximate surface area is 197 Å². The summed E-state index contributed by atoms with van der Waals surface area (Å²) in [5.74, 6) is -0.853. The first-order valence-corrected chi connectivity index (χ1v) is 11.4. The molecule has 34 heavy (non-hydrogen) atoms. The number of hydrogen-bond donors (Lipinski definition) is 0. The number of benzene rings is 2. The van der Waals surface area contributed by atoms with E-state index in [1.807, 2.05) is 33.9 Å². The molecule has 7 heteroatoms. The van der Waals surface area contributed by atoms with Crippen LogP contribution in [0.3, 0.4) is 0 Å². The van der Waals surface area contributed by atoms with Crippen LogP contribution >= 0.6 is 0 Å². The van der Waals surface area contributed by atoms with Crippen LogP contribution in [0.15, 0.2) is 66.9 Å².